The topological polar surface area (TPSA) is 82.5 Å². The molecule has 2 aliphatic rings. The zero-order valence-electron chi connectivity index (χ0n) is 18.5. The van der Waals surface area contributed by atoms with Gasteiger partial charge in [0.2, 0.25) is 0 Å². The van der Waals surface area contributed by atoms with Gasteiger partial charge in [-0.25, -0.2) is 9.78 Å². The highest BCUT2D eigenvalue weighted by Gasteiger charge is 2.30. The van der Waals surface area contributed by atoms with E-state index in [-0.39, 0.29) is 17.8 Å². The van der Waals surface area contributed by atoms with Crippen LogP contribution in [0.4, 0.5) is 9.93 Å². The van der Waals surface area contributed by atoms with Crippen LogP contribution in [0.5, 0.6) is 0 Å². The highest BCUT2D eigenvalue weighted by Crippen LogP contribution is 2.32. The Labute approximate surface area is 197 Å². The van der Waals surface area contributed by atoms with E-state index < -0.39 is 5.97 Å². The molecule has 1 aromatic heterocycles. The fraction of sp³-hybridized carbons (Fsp3) is 0.542. The van der Waals surface area contributed by atoms with Crippen molar-refractivity contribution in [2.24, 2.45) is 11.8 Å². The van der Waals surface area contributed by atoms with Crippen LogP contribution < -0.4 is 5.32 Å². The van der Waals surface area contributed by atoms with E-state index in [0.717, 1.165) is 61.6 Å². The molecule has 1 fully saturated rings. The highest BCUT2D eigenvalue weighted by molar-refractivity contribution is 8.01. The molecule has 6 nitrogen and oxygen atoms in total. The van der Waals surface area contributed by atoms with Gasteiger partial charge in [0, 0.05) is 12.6 Å². The Bertz CT molecular complexity index is 915. The molecular formula is C24H31N3O3S2. The fourth-order valence-corrected chi connectivity index (χ4v) is 6.44. The van der Waals surface area contributed by atoms with E-state index in [4.69, 9.17) is 5.11 Å². The zero-order chi connectivity index (χ0) is 22.5. The van der Waals surface area contributed by atoms with Crippen LogP contribution in [0, 0.1) is 11.8 Å². The first-order valence-corrected chi connectivity index (χ1v) is 13.2. The molecule has 172 valence electrons. The smallest absolute Gasteiger partial charge is 0.323 e. The lowest BCUT2D eigenvalue weighted by Crippen LogP contribution is -2.45. The number of amides is 2. The van der Waals surface area contributed by atoms with E-state index in [1.807, 2.05) is 4.90 Å². The summed E-state index contributed by atoms with van der Waals surface area (Å²) in [6.45, 7) is 3.05. The number of benzene rings is 1. The van der Waals surface area contributed by atoms with E-state index in [1.165, 1.54) is 34.2 Å². The third kappa shape index (κ3) is 6.04. The number of urea groups is 1. The number of carbonyl (C=O) groups is 2. The third-order valence-corrected chi connectivity index (χ3v) is 8.73. The maximum atomic E-state index is 13.3. The van der Waals surface area contributed by atoms with Gasteiger partial charge >= 0.3 is 12.0 Å². The number of thioether (sulfide) groups is 1. The minimum Gasteiger partial charge on any atom is -0.481 e. The van der Waals surface area contributed by atoms with Gasteiger partial charge in [0.05, 0.1) is 16.2 Å². The van der Waals surface area contributed by atoms with Crippen molar-refractivity contribution in [1.29, 1.82) is 0 Å². The van der Waals surface area contributed by atoms with Gasteiger partial charge in [0.1, 0.15) is 0 Å². The lowest BCUT2D eigenvalue weighted by Gasteiger charge is -2.36. The van der Waals surface area contributed by atoms with Crippen molar-refractivity contribution < 1.29 is 14.7 Å². The normalized spacial score (nSPS) is 20.7. The van der Waals surface area contributed by atoms with E-state index in [2.05, 4.69) is 41.5 Å². The molecule has 0 unspecified atom stereocenters. The van der Waals surface area contributed by atoms with Crippen molar-refractivity contribution in [1.82, 2.24) is 9.88 Å². The molecule has 2 aliphatic carbocycles. The molecule has 1 saturated carbocycles. The number of fused-ring (bicyclic) bond motifs is 1. The summed E-state index contributed by atoms with van der Waals surface area (Å²) in [6, 6.07) is 8.87. The van der Waals surface area contributed by atoms with Crippen LogP contribution in [0.15, 0.2) is 34.7 Å². The minimum absolute atomic E-state index is 0.00819. The maximum Gasteiger partial charge on any atom is 0.323 e. The summed E-state index contributed by atoms with van der Waals surface area (Å²) in [5.74, 6) is 0.448. The molecule has 2 amide bonds. The van der Waals surface area contributed by atoms with Crippen LogP contribution in [0.3, 0.4) is 0 Å². The first-order valence-electron chi connectivity index (χ1n) is 11.4. The predicted molar refractivity (Wildman–Crippen MR) is 130 cm³/mol. The van der Waals surface area contributed by atoms with Crippen molar-refractivity contribution in [3.63, 3.8) is 0 Å². The third-order valence-electron chi connectivity index (χ3n) is 6.64. The van der Waals surface area contributed by atoms with Crippen molar-refractivity contribution in [3.8, 4) is 0 Å². The standard InChI is InChI=1S/C24H31N3O3S2/c1-16-6-8-20(9-7-16)27(11-10-17-12-18-4-2-3-5-19(18)13-17)24(30)26-23-25-14-22(32-23)31-15-21(28)29/h2-5,14,16-17,20H,6-13,15H2,1H3,(H,28,29)(H,25,26,30). The van der Waals surface area contributed by atoms with Gasteiger partial charge in [0.25, 0.3) is 0 Å². The number of anilines is 1. The van der Waals surface area contributed by atoms with E-state index in [9.17, 15) is 9.59 Å². The van der Waals surface area contributed by atoms with Crippen molar-refractivity contribution in [2.75, 3.05) is 17.6 Å². The lowest BCUT2D eigenvalue weighted by atomic mass is 9.86. The summed E-state index contributed by atoms with van der Waals surface area (Å²) in [4.78, 5) is 30.4. The monoisotopic (exact) mass is 473 g/mol. The Hall–Kier alpha value is -2.06. The Morgan fingerprint density at radius 3 is 2.53 bits per heavy atom. The Balaban J connectivity index is 1.37. The number of hydrogen-bond donors (Lipinski definition) is 2. The van der Waals surface area contributed by atoms with Crippen LogP contribution >= 0.6 is 23.1 Å². The molecule has 1 heterocycles. The molecule has 0 saturated heterocycles. The first kappa shape index (κ1) is 23.1. The Kier molecular flexibility index (Phi) is 7.73. The molecule has 32 heavy (non-hydrogen) atoms. The van der Waals surface area contributed by atoms with Gasteiger partial charge in [-0.15, -0.1) is 11.8 Å². The molecule has 0 atom stereocenters. The molecule has 4 rings (SSSR count). The zero-order valence-corrected chi connectivity index (χ0v) is 20.1. The van der Waals surface area contributed by atoms with Gasteiger partial charge in [-0.05, 0) is 67.9 Å². The molecule has 0 bridgehead atoms. The average Bonchev–Trinajstić information content (AvgIpc) is 3.40. The second-order valence-corrected chi connectivity index (χ2v) is 11.3. The number of rotatable bonds is 8. The van der Waals surface area contributed by atoms with Crippen molar-refractivity contribution >= 4 is 40.2 Å². The van der Waals surface area contributed by atoms with Crippen LogP contribution in [0.2, 0.25) is 0 Å². The number of hydrogen-bond acceptors (Lipinski definition) is 5. The number of nitrogens with one attached hydrogen (secondary N) is 1. The Morgan fingerprint density at radius 1 is 1.19 bits per heavy atom. The summed E-state index contributed by atoms with van der Waals surface area (Å²) >= 11 is 2.56. The summed E-state index contributed by atoms with van der Waals surface area (Å²) in [5, 5.41) is 12.4. The van der Waals surface area contributed by atoms with Crippen LogP contribution in [0.1, 0.15) is 50.2 Å². The number of carboxylic acid groups (broad SMARTS) is 1. The molecule has 2 aromatic rings. The van der Waals surface area contributed by atoms with Crippen LogP contribution in [-0.2, 0) is 17.6 Å². The molecule has 0 radical (unpaired) electrons. The number of aliphatic carboxylic acids is 1. The second kappa shape index (κ2) is 10.7. The first-order chi connectivity index (χ1) is 15.5. The quantitative estimate of drug-likeness (QED) is 0.492. The molecule has 2 N–H and O–H groups in total. The highest BCUT2D eigenvalue weighted by atomic mass is 32.2. The summed E-state index contributed by atoms with van der Waals surface area (Å²) in [5.41, 5.74) is 2.91. The number of carboxylic acids is 1. The number of thiazole rings is 1. The van der Waals surface area contributed by atoms with Crippen molar-refractivity contribution in [2.45, 2.75) is 62.1 Å². The van der Waals surface area contributed by atoms with Gasteiger partial charge in [-0.2, -0.15) is 0 Å². The minimum atomic E-state index is -0.860. The van der Waals surface area contributed by atoms with Gasteiger partial charge < -0.3 is 10.0 Å². The van der Waals surface area contributed by atoms with E-state index in [0.29, 0.717) is 11.0 Å². The molecule has 8 heteroatoms. The maximum absolute atomic E-state index is 13.3. The van der Waals surface area contributed by atoms with E-state index in [1.54, 1.807) is 6.20 Å². The van der Waals surface area contributed by atoms with Crippen molar-refractivity contribution in [3.05, 3.63) is 41.6 Å². The van der Waals surface area contributed by atoms with Crippen LogP contribution in [-0.4, -0.2) is 45.3 Å². The van der Waals surface area contributed by atoms with E-state index >= 15 is 0 Å². The molecule has 0 aliphatic heterocycles. The molecule has 1 aromatic carbocycles. The second-order valence-electron chi connectivity index (χ2n) is 9.04. The SMILES string of the molecule is CC1CCC(N(CCC2Cc3ccccc3C2)C(=O)Nc2ncc(SCC(=O)O)s2)CC1. The largest absolute Gasteiger partial charge is 0.481 e. The molecular weight excluding hydrogens is 442 g/mol. The Morgan fingerprint density at radius 2 is 1.88 bits per heavy atom. The fourth-order valence-electron chi connectivity index (χ4n) is 4.86. The molecule has 0 spiro atoms. The van der Waals surface area contributed by atoms with Gasteiger partial charge in [0.15, 0.2) is 5.13 Å². The summed E-state index contributed by atoms with van der Waals surface area (Å²) in [6.07, 6.45) is 9.27. The lowest BCUT2D eigenvalue weighted by molar-refractivity contribution is -0.133. The average molecular weight is 474 g/mol. The number of carbonyl (C=O) groups excluding carboxylic acids is 1. The predicted octanol–water partition coefficient (Wildman–Crippen LogP) is 5.54. The number of aromatic nitrogens is 1. The summed E-state index contributed by atoms with van der Waals surface area (Å²) < 4.78 is 0.796. The van der Waals surface area contributed by atoms with Gasteiger partial charge in [-0.3, -0.25) is 10.1 Å². The summed E-state index contributed by atoms with van der Waals surface area (Å²) in [7, 11) is 0. The van der Waals surface area contributed by atoms with Crippen LogP contribution in [0.25, 0.3) is 0 Å². The number of nitrogens with zero attached hydrogens (tertiary/aromatic N) is 2. The van der Waals surface area contributed by atoms with Gasteiger partial charge in [-0.1, -0.05) is 42.5 Å².